The summed E-state index contributed by atoms with van der Waals surface area (Å²) in [5, 5.41) is 17.7. The third-order valence-corrected chi connectivity index (χ3v) is 30.3. The minimum atomic E-state index is -4.55. The first-order valence-corrected chi connectivity index (χ1v) is 53.4. The van der Waals surface area contributed by atoms with E-state index < -0.39 is 139 Å². The van der Waals surface area contributed by atoms with E-state index in [-0.39, 0.29) is 98.3 Å². The van der Waals surface area contributed by atoms with Crippen molar-refractivity contribution in [2.75, 3.05) is 128 Å². The maximum absolute atomic E-state index is 13.9. The van der Waals surface area contributed by atoms with Crippen LogP contribution in [0, 0.1) is 35.5 Å². The number of nitrogens with one attached hydrogen (secondary N) is 4. The molecule has 0 saturated carbocycles. The number of likely N-dealkylation sites (tertiary alicyclic amines) is 3. The average Bonchev–Trinajstić information content (AvgIpc) is 1.72. The van der Waals surface area contributed by atoms with Crippen molar-refractivity contribution in [3.05, 3.63) is 227 Å². The molecule has 28 nitrogen and oxygen atoms in total. The number of hydrogen-bond acceptors (Lipinski definition) is 19. The van der Waals surface area contributed by atoms with Crippen LogP contribution in [0.2, 0.25) is 20.1 Å². The van der Waals surface area contributed by atoms with E-state index in [0.29, 0.717) is 125 Å². The second-order valence-electron chi connectivity index (χ2n) is 40.6. The van der Waals surface area contributed by atoms with Gasteiger partial charge in [0.25, 0.3) is 0 Å². The van der Waals surface area contributed by atoms with Crippen LogP contribution in [0.15, 0.2) is 152 Å². The number of aldehydes is 1. The number of ether oxygens (including phenoxy) is 1. The summed E-state index contributed by atoms with van der Waals surface area (Å²) in [5.41, 5.74) is 14.4. The smallest absolute Gasteiger partial charge is 0.416 e. The summed E-state index contributed by atoms with van der Waals surface area (Å²) in [6, 6.07) is 36.4. The molecule has 7 fully saturated rings. The van der Waals surface area contributed by atoms with E-state index in [4.69, 9.17) is 57.2 Å². The molecule has 7 heterocycles. The van der Waals surface area contributed by atoms with Crippen molar-refractivity contribution in [1.29, 1.82) is 0 Å². The summed E-state index contributed by atoms with van der Waals surface area (Å²) >= 11 is 23.5. The Labute approximate surface area is 897 Å². The summed E-state index contributed by atoms with van der Waals surface area (Å²) in [6.07, 6.45) is -10.3. The lowest BCUT2D eigenvalue weighted by Gasteiger charge is -2.39. The third-order valence-electron chi connectivity index (χ3n) is 26.1. The number of rotatable bonds is 26. The maximum Gasteiger partial charge on any atom is 0.416 e. The Hall–Kier alpha value is -10.3. The summed E-state index contributed by atoms with van der Waals surface area (Å²) in [7, 11) is 3.63. The Kier molecular flexibility index (Phi) is 46.6. The third kappa shape index (κ3) is 35.6. The Bertz CT molecular complexity index is 5760. The van der Waals surface area contributed by atoms with Gasteiger partial charge in [0.1, 0.15) is 6.29 Å². The molecule has 6 amide bonds. The fourth-order valence-electron chi connectivity index (χ4n) is 18.4. The van der Waals surface area contributed by atoms with Gasteiger partial charge in [-0.05, 0) is 222 Å². The summed E-state index contributed by atoms with van der Waals surface area (Å²) in [6.45, 7) is 29.1. The van der Waals surface area contributed by atoms with Crippen LogP contribution in [0.4, 0.5) is 56.6 Å². The Morgan fingerprint density at radius 3 is 1.01 bits per heavy atom. The van der Waals surface area contributed by atoms with Crippen LogP contribution < -0.4 is 46.2 Å². The number of halogens is 13. The number of carboxylic acids is 1. The highest BCUT2D eigenvalue weighted by molar-refractivity contribution is 7.84. The van der Waals surface area contributed by atoms with Gasteiger partial charge in [-0.15, -0.1) is 0 Å². The van der Waals surface area contributed by atoms with Gasteiger partial charge >= 0.3 is 36.4 Å². The van der Waals surface area contributed by atoms with Crippen molar-refractivity contribution >= 4 is 145 Å². The van der Waals surface area contributed by atoms with Crippen LogP contribution in [0.1, 0.15) is 238 Å². The topological polar surface area (TPSA) is 360 Å². The molecular weight excluding hydrogens is 2080 g/mol. The zero-order chi connectivity index (χ0) is 112. The SMILES string of the molecule is CC(C)CC(NC(=O)CCN)c1cc(C(F)(F)F)ccc1N1CCN(C(=O)C2CC(=O)N(C)C2c2ccc(Cl)cc2)CC1.CC(C)CC(NS(=O)C(C)(C)C)c1cc(C(F)(F)F)ccc1N1CCN(C(=O)C2CC(=O)N(C)C2c2ccc(Cl)cc2)CC1.CC(C)CC(NS(=O)C(C)(C)C)c1cc(C(F)(F)F)ccc1N1CCNCC1.CN.CN1C(=O)CC(C(=O)O)C1c1ccc(Cl)cc1.O=C1CCC(=O)O1.O=Cc1ccc(Cl)cc1. The number of carboxylic acid groups (broad SMARTS) is 1. The predicted molar refractivity (Wildman–Crippen MR) is 568 cm³/mol. The first-order valence-electron chi connectivity index (χ1n) is 49.6. The Balaban J connectivity index is 0.000000238. The number of aliphatic carboxylic acids is 1. The molecule has 7 aromatic rings. The van der Waals surface area contributed by atoms with E-state index in [2.05, 4.69) is 35.4 Å². The number of carbonyl (C=O) groups is 10. The normalized spacial score (nSPS) is 19.7. The van der Waals surface area contributed by atoms with Crippen LogP contribution >= 0.6 is 46.4 Å². The van der Waals surface area contributed by atoms with Gasteiger partial charge < -0.3 is 71.1 Å². The molecule has 0 aromatic heterocycles. The molecule has 0 aliphatic carbocycles. The van der Waals surface area contributed by atoms with Gasteiger partial charge in [-0.3, -0.25) is 47.9 Å². The van der Waals surface area contributed by atoms with Crippen molar-refractivity contribution in [3.63, 3.8) is 0 Å². The van der Waals surface area contributed by atoms with Crippen molar-refractivity contribution in [1.82, 2.24) is 44.6 Å². The van der Waals surface area contributed by atoms with Gasteiger partial charge in [0.05, 0.1) is 103 Å². The molecule has 0 spiro atoms. The summed E-state index contributed by atoms with van der Waals surface area (Å²) < 4.78 is 158. The summed E-state index contributed by atoms with van der Waals surface area (Å²) in [5.74, 6) is -3.99. The number of esters is 2. The van der Waals surface area contributed by atoms with Crippen molar-refractivity contribution in [2.45, 2.75) is 205 Å². The molecule has 14 rings (SSSR count). The predicted octanol–water partition coefficient (Wildman–Crippen LogP) is 18.9. The number of amides is 6. The first kappa shape index (κ1) is 125. The highest BCUT2D eigenvalue weighted by Crippen LogP contribution is 2.47. The van der Waals surface area contributed by atoms with Crippen molar-refractivity contribution in [2.24, 2.45) is 47.0 Å². The number of hydrogen-bond donors (Lipinski definition) is 7. The first-order chi connectivity index (χ1) is 70.3. The van der Waals surface area contributed by atoms with Crippen LogP contribution in [-0.2, 0) is 88.4 Å². The minimum absolute atomic E-state index is 0.0547. The van der Waals surface area contributed by atoms with Gasteiger partial charge in [-0.1, -0.05) is 136 Å². The standard InChI is InChI=1S/C32H42ClF3N4O3S.C31H39ClF3N5O3.C20H32F3N3OS.C12H12ClNO3.C7H5ClO.C4H4O3.CH5N/c1-20(2)17-26(37-44(43)31(3,4)5)24-18-22(32(34,35)36)9-12-27(24)39-13-15-40(16-14-39)30(42)25-19-28(41)38(6)29(25)21-7-10-23(33)11-8-21;1-19(2)16-25(37-27(41)10-11-36)23-17-21(31(33,34)35)6-9-26(23)39-12-14-40(15-13-39)30(43)24-18-28(42)38(3)29(24)20-4-7-22(32)8-5-20;1-14(2)12-17(25-28(27)19(3,4)5)16-13-15(20(21,22)23)6-7-18(16)26-10-8-24-9-11-26;1-14-10(15)6-9(12(16)17)11(14)7-2-4-8(13)5-3-7;8-7-3-1-6(5-9)2-4-7;5-3-1-2-4(6)7-3;1-2/h7-12,18,20,25-26,29,37H,13-17,19H2,1-6H3;4-9,17,19,24-25,29H,10-16,18,36H2,1-3H3,(H,37,41);6-7,13-14,17,24-25H,8-12H2,1-5H3;2-5,9,11H,6H2,1H3,(H,16,17);1-5H;1-2H2;2H2,1H3. The van der Waals surface area contributed by atoms with Crippen molar-refractivity contribution in [3.8, 4) is 0 Å². The fraction of sp³-hybridized carbons (Fsp3) is 0.514. The molecular formula is C107H139Cl4F9N14O14S2. The molecule has 0 bridgehead atoms. The highest BCUT2D eigenvalue weighted by atomic mass is 35.5. The zero-order valence-corrected chi connectivity index (χ0v) is 91.9. The quantitative estimate of drug-likeness (QED) is 0.0115. The van der Waals surface area contributed by atoms with Crippen LogP contribution in [0.5, 0.6) is 0 Å². The number of alkyl halides is 9. The fourth-order valence-corrected chi connectivity index (χ4v) is 20.5. The number of benzene rings is 7. The summed E-state index contributed by atoms with van der Waals surface area (Å²) in [4.78, 5) is 132. The lowest BCUT2D eigenvalue weighted by atomic mass is 9.92. The second kappa shape index (κ2) is 56.0. The van der Waals surface area contributed by atoms with E-state index in [1.807, 2.05) is 117 Å². The monoisotopic (exact) mass is 2220 g/mol. The molecule has 11 atom stereocenters. The van der Waals surface area contributed by atoms with Crippen molar-refractivity contribution < 1.29 is 106 Å². The van der Waals surface area contributed by atoms with Gasteiger partial charge in [-0.25, -0.2) is 17.9 Å². The largest absolute Gasteiger partial charge is 0.481 e. The Morgan fingerprint density at radius 1 is 0.447 bits per heavy atom. The molecule has 7 aromatic carbocycles. The molecule has 7 aliphatic rings. The molecule has 824 valence electrons. The number of cyclic esters (lactones) is 2. The molecule has 150 heavy (non-hydrogen) atoms. The van der Waals surface area contributed by atoms with Crippen LogP contribution in [0.25, 0.3) is 0 Å². The van der Waals surface area contributed by atoms with E-state index in [1.165, 1.54) is 36.2 Å². The molecule has 9 N–H and O–H groups in total. The molecule has 43 heteroatoms. The van der Waals surface area contributed by atoms with Crippen LogP contribution in [-0.4, -0.2) is 220 Å². The molecule has 0 radical (unpaired) electrons. The van der Waals surface area contributed by atoms with Gasteiger partial charge in [0, 0.05) is 187 Å². The zero-order valence-electron chi connectivity index (χ0n) is 87.2. The number of nitrogens with two attached hydrogens (primary N) is 2. The van der Waals surface area contributed by atoms with E-state index in [1.54, 1.807) is 120 Å². The number of nitrogens with zero attached hydrogens (tertiary/aromatic N) is 8. The second-order valence-corrected chi connectivity index (χ2v) is 46.4. The number of piperazine rings is 3. The van der Waals surface area contributed by atoms with E-state index in [0.717, 1.165) is 79.1 Å². The maximum atomic E-state index is 13.9. The van der Waals surface area contributed by atoms with E-state index >= 15 is 0 Å². The molecule has 7 saturated heterocycles. The Morgan fingerprint density at radius 2 is 0.733 bits per heavy atom. The lowest BCUT2D eigenvalue weighted by molar-refractivity contribution is -0.152. The van der Waals surface area contributed by atoms with E-state index in [9.17, 15) is 95.9 Å². The average molecular weight is 2220 g/mol. The number of carbonyl (C=O) groups excluding carboxylic acids is 9. The minimum Gasteiger partial charge on any atom is -0.481 e. The van der Waals surface area contributed by atoms with Gasteiger partial charge in [0.15, 0.2) is 0 Å². The number of anilines is 3. The molecule has 7 aliphatic heterocycles. The lowest BCUT2D eigenvalue weighted by Crippen LogP contribution is -2.51. The van der Waals surface area contributed by atoms with Crippen LogP contribution in [0.3, 0.4) is 0 Å². The highest BCUT2D eigenvalue weighted by Gasteiger charge is 2.49. The van der Waals surface area contributed by atoms with Gasteiger partial charge in [0.2, 0.25) is 35.4 Å². The van der Waals surface area contributed by atoms with Gasteiger partial charge in [-0.2, -0.15) is 39.5 Å². The molecule has 11 unspecified atom stereocenters.